The highest BCUT2D eigenvalue weighted by Gasteiger charge is 2.30. The zero-order chi connectivity index (χ0) is 18.4. The molecule has 2 aromatic carbocycles. The molecule has 3 rings (SSSR count). The third-order valence-electron chi connectivity index (χ3n) is 5.15. The minimum absolute atomic E-state index is 0.504. The molecule has 0 atom stereocenters. The first-order valence-corrected chi connectivity index (χ1v) is 9.47. The molecule has 0 spiro atoms. The number of nitrogens with zero attached hydrogens (tertiary/aromatic N) is 2. The summed E-state index contributed by atoms with van der Waals surface area (Å²) >= 11 is 0. The topological polar surface area (TPSA) is 24.9 Å². The van der Waals surface area contributed by atoms with Crippen molar-refractivity contribution in [3.8, 4) is 11.5 Å². The van der Waals surface area contributed by atoms with Crippen LogP contribution in [0.25, 0.3) is 0 Å². The zero-order valence-corrected chi connectivity index (χ0v) is 16.1. The molecule has 26 heavy (non-hydrogen) atoms. The second-order valence-corrected chi connectivity index (χ2v) is 6.91. The Kier molecular flexibility index (Phi) is 6.53. The largest absolute Gasteiger partial charge is 0.497 e. The molecule has 1 aliphatic heterocycles. The quantitative estimate of drug-likeness (QED) is 0.711. The first-order valence-electron chi connectivity index (χ1n) is 9.47. The average Bonchev–Trinajstić information content (AvgIpc) is 3.05. The summed E-state index contributed by atoms with van der Waals surface area (Å²) in [5.41, 5.74) is 2.69. The Morgan fingerprint density at radius 1 is 0.769 bits per heavy atom. The number of methoxy groups -OCH3 is 2. The van der Waals surface area contributed by atoms with Crippen LogP contribution in [0.3, 0.4) is 0 Å². The van der Waals surface area contributed by atoms with E-state index in [0.29, 0.717) is 6.17 Å². The van der Waals surface area contributed by atoms with Gasteiger partial charge in [0.2, 0.25) is 0 Å². The van der Waals surface area contributed by atoms with Gasteiger partial charge in [0.1, 0.15) is 11.5 Å². The maximum absolute atomic E-state index is 5.27. The molecule has 4 nitrogen and oxygen atoms in total. The molecule has 0 bridgehead atoms. The van der Waals surface area contributed by atoms with Crippen molar-refractivity contribution in [3.05, 3.63) is 59.7 Å². The Balaban J connectivity index is 1.65. The lowest BCUT2D eigenvalue weighted by Gasteiger charge is -2.30. The van der Waals surface area contributed by atoms with Gasteiger partial charge in [-0.15, -0.1) is 0 Å². The molecular weight excluding hydrogens is 324 g/mol. The van der Waals surface area contributed by atoms with Gasteiger partial charge >= 0.3 is 0 Å². The van der Waals surface area contributed by atoms with Crippen molar-refractivity contribution in [3.63, 3.8) is 0 Å². The monoisotopic (exact) mass is 354 g/mol. The SMILES string of the molecule is CCCC1N(Cc2ccc(OC)cc2)CCN1Cc1ccc(OC)cc1. The van der Waals surface area contributed by atoms with Crippen molar-refractivity contribution in [2.75, 3.05) is 27.3 Å². The predicted molar refractivity (Wildman–Crippen MR) is 106 cm³/mol. The molecule has 0 saturated carbocycles. The van der Waals surface area contributed by atoms with E-state index in [1.165, 1.54) is 24.0 Å². The standard InChI is InChI=1S/C22H30N2O2/c1-4-5-22-23(16-18-6-10-20(25-2)11-7-18)14-15-24(22)17-19-8-12-21(26-3)13-9-19/h6-13,22H,4-5,14-17H2,1-3H3. The summed E-state index contributed by atoms with van der Waals surface area (Å²) in [6, 6.07) is 16.9. The van der Waals surface area contributed by atoms with Crippen LogP contribution in [0, 0.1) is 0 Å². The van der Waals surface area contributed by atoms with E-state index in [4.69, 9.17) is 9.47 Å². The molecule has 1 heterocycles. The van der Waals surface area contributed by atoms with Crippen LogP contribution >= 0.6 is 0 Å². The molecule has 0 unspecified atom stereocenters. The van der Waals surface area contributed by atoms with Gasteiger partial charge in [-0.1, -0.05) is 37.6 Å². The van der Waals surface area contributed by atoms with E-state index in [2.05, 4.69) is 65.3 Å². The van der Waals surface area contributed by atoms with E-state index in [9.17, 15) is 0 Å². The summed E-state index contributed by atoms with van der Waals surface area (Å²) in [5, 5.41) is 0. The maximum Gasteiger partial charge on any atom is 0.118 e. The minimum Gasteiger partial charge on any atom is -0.497 e. The molecule has 0 aliphatic carbocycles. The molecule has 4 heteroatoms. The number of benzene rings is 2. The smallest absolute Gasteiger partial charge is 0.118 e. The van der Waals surface area contributed by atoms with E-state index >= 15 is 0 Å². The van der Waals surface area contributed by atoms with Crippen molar-refractivity contribution >= 4 is 0 Å². The van der Waals surface area contributed by atoms with Crippen LogP contribution in [0.1, 0.15) is 30.9 Å². The maximum atomic E-state index is 5.27. The Bertz CT molecular complexity index is 612. The summed E-state index contributed by atoms with van der Waals surface area (Å²) in [6.07, 6.45) is 2.90. The minimum atomic E-state index is 0.504. The second-order valence-electron chi connectivity index (χ2n) is 6.91. The van der Waals surface area contributed by atoms with E-state index in [0.717, 1.165) is 37.7 Å². The van der Waals surface area contributed by atoms with Gasteiger partial charge in [0.05, 0.1) is 20.4 Å². The summed E-state index contributed by atoms with van der Waals surface area (Å²) in [4.78, 5) is 5.21. The summed E-state index contributed by atoms with van der Waals surface area (Å²) in [7, 11) is 3.42. The molecule has 0 N–H and O–H groups in total. The summed E-state index contributed by atoms with van der Waals surface area (Å²) < 4.78 is 10.5. The van der Waals surface area contributed by atoms with Gasteiger partial charge in [0.25, 0.3) is 0 Å². The Labute approximate surface area is 157 Å². The molecule has 140 valence electrons. The first-order chi connectivity index (χ1) is 12.7. The lowest BCUT2D eigenvalue weighted by molar-refractivity contribution is 0.115. The van der Waals surface area contributed by atoms with Crippen LogP contribution in [0.2, 0.25) is 0 Å². The molecule has 1 fully saturated rings. The average molecular weight is 354 g/mol. The molecule has 2 aromatic rings. The third kappa shape index (κ3) is 4.57. The second kappa shape index (κ2) is 9.06. The van der Waals surface area contributed by atoms with Crippen LogP contribution in [-0.2, 0) is 13.1 Å². The fourth-order valence-corrected chi connectivity index (χ4v) is 3.71. The number of rotatable bonds is 8. The van der Waals surface area contributed by atoms with Gasteiger partial charge < -0.3 is 9.47 Å². The van der Waals surface area contributed by atoms with Crippen LogP contribution in [0.4, 0.5) is 0 Å². The van der Waals surface area contributed by atoms with Gasteiger partial charge in [-0.05, 0) is 41.8 Å². The fraction of sp³-hybridized carbons (Fsp3) is 0.455. The van der Waals surface area contributed by atoms with Crippen molar-refractivity contribution in [1.82, 2.24) is 9.80 Å². The highest BCUT2D eigenvalue weighted by Crippen LogP contribution is 2.25. The van der Waals surface area contributed by atoms with Crippen LogP contribution < -0.4 is 9.47 Å². The number of ether oxygens (including phenoxy) is 2. The fourth-order valence-electron chi connectivity index (χ4n) is 3.71. The van der Waals surface area contributed by atoms with E-state index in [-0.39, 0.29) is 0 Å². The zero-order valence-electron chi connectivity index (χ0n) is 16.1. The highest BCUT2D eigenvalue weighted by molar-refractivity contribution is 5.28. The van der Waals surface area contributed by atoms with Crippen molar-refractivity contribution in [2.45, 2.75) is 39.0 Å². The normalized spacial score (nSPS) is 16.1. The molecule has 0 radical (unpaired) electrons. The van der Waals surface area contributed by atoms with Gasteiger partial charge in [-0.25, -0.2) is 0 Å². The van der Waals surface area contributed by atoms with Crippen LogP contribution in [0.15, 0.2) is 48.5 Å². The van der Waals surface area contributed by atoms with E-state index in [1.807, 2.05) is 0 Å². The van der Waals surface area contributed by atoms with Crippen molar-refractivity contribution in [2.24, 2.45) is 0 Å². The van der Waals surface area contributed by atoms with Crippen LogP contribution in [0.5, 0.6) is 11.5 Å². The predicted octanol–water partition coefficient (Wildman–Crippen LogP) is 4.15. The lowest BCUT2D eigenvalue weighted by atomic mass is 10.1. The molecular formula is C22H30N2O2. The lowest BCUT2D eigenvalue weighted by Crippen LogP contribution is -2.38. The number of hydrogen-bond donors (Lipinski definition) is 0. The third-order valence-corrected chi connectivity index (χ3v) is 5.15. The summed E-state index contributed by atoms with van der Waals surface area (Å²) in [5.74, 6) is 1.84. The molecule has 0 aromatic heterocycles. The molecule has 1 aliphatic rings. The van der Waals surface area contributed by atoms with E-state index in [1.54, 1.807) is 14.2 Å². The molecule has 1 saturated heterocycles. The Morgan fingerprint density at radius 2 is 1.19 bits per heavy atom. The number of hydrogen-bond acceptors (Lipinski definition) is 4. The van der Waals surface area contributed by atoms with Gasteiger partial charge in [0, 0.05) is 26.2 Å². The van der Waals surface area contributed by atoms with Crippen LogP contribution in [-0.4, -0.2) is 43.3 Å². The summed E-state index contributed by atoms with van der Waals surface area (Å²) in [6.45, 7) is 6.50. The first kappa shape index (κ1) is 18.7. The highest BCUT2D eigenvalue weighted by atomic mass is 16.5. The van der Waals surface area contributed by atoms with Crippen molar-refractivity contribution in [1.29, 1.82) is 0 Å². The van der Waals surface area contributed by atoms with Gasteiger partial charge in [0.15, 0.2) is 0 Å². The van der Waals surface area contributed by atoms with Gasteiger partial charge in [-0.3, -0.25) is 9.80 Å². The van der Waals surface area contributed by atoms with Gasteiger partial charge in [-0.2, -0.15) is 0 Å². The Hall–Kier alpha value is -2.04. The van der Waals surface area contributed by atoms with Crippen molar-refractivity contribution < 1.29 is 9.47 Å². The molecule has 0 amide bonds. The Morgan fingerprint density at radius 3 is 1.54 bits per heavy atom. The van der Waals surface area contributed by atoms with E-state index < -0.39 is 0 Å².